The minimum atomic E-state index is -4.41. The van der Waals surface area contributed by atoms with Gasteiger partial charge in [-0.05, 0) is 30.2 Å². The molecule has 0 aliphatic rings. The van der Waals surface area contributed by atoms with E-state index in [1.165, 1.54) is 25.1 Å². The lowest BCUT2D eigenvalue weighted by atomic mass is 10.1. The highest BCUT2D eigenvalue weighted by molar-refractivity contribution is 6.30. The van der Waals surface area contributed by atoms with E-state index in [0.29, 0.717) is 13.0 Å². The van der Waals surface area contributed by atoms with Crippen molar-refractivity contribution in [2.24, 2.45) is 0 Å². The monoisotopic (exact) mass is 291 g/mol. The molecule has 0 bridgehead atoms. The average Bonchev–Trinajstić information content (AvgIpc) is 2.26. The van der Waals surface area contributed by atoms with E-state index >= 15 is 0 Å². The SMILES string of the molecule is CC(=O)NCCC=Cc1cc(Cl)ccc1C(F)(F)F. The van der Waals surface area contributed by atoms with Gasteiger partial charge in [-0.2, -0.15) is 13.2 Å². The highest BCUT2D eigenvalue weighted by Crippen LogP contribution is 2.33. The van der Waals surface area contributed by atoms with Gasteiger partial charge in [0.2, 0.25) is 5.91 Å². The molecule has 1 rings (SSSR count). The second-order valence-corrected chi connectivity index (χ2v) is 4.34. The van der Waals surface area contributed by atoms with E-state index in [4.69, 9.17) is 11.6 Å². The van der Waals surface area contributed by atoms with Gasteiger partial charge in [0.25, 0.3) is 0 Å². The van der Waals surface area contributed by atoms with Crippen LogP contribution in [0.3, 0.4) is 0 Å². The lowest BCUT2D eigenvalue weighted by Gasteiger charge is -2.10. The molecule has 0 aromatic heterocycles. The van der Waals surface area contributed by atoms with Crippen molar-refractivity contribution in [2.45, 2.75) is 19.5 Å². The van der Waals surface area contributed by atoms with Crippen molar-refractivity contribution in [1.29, 1.82) is 0 Å². The van der Waals surface area contributed by atoms with E-state index in [1.54, 1.807) is 6.08 Å². The Morgan fingerprint density at radius 2 is 2.11 bits per heavy atom. The fourth-order valence-corrected chi connectivity index (χ4v) is 1.65. The molecule has 104 valence electrons. The molecule has 6 heteroatoms. The Morgan fingerprint density at radius 1 is 1.42 bits per heavy atom. The van der Waals surface area contributed by atoms with Crippen LogP contribution < -0.4 is 5.32 Å². The number of rotatable bonds is 4. The van der Waals surface area contributed by atoms with Crippen LogP contribution in [0.15, 0.2) is 24.3 Å². The number of carbonyl (C=O) groups excluding carboxylic acids is 1. The fourth-order valence-electron chi connectivity index (χ4n) is 1.47. The van der Waals surface area contributed by atoms with Crippen molar-refractivity contribution in [1.82, 2.24) is 5.32 Å². The maximum atomic E-state index is 12.7. The smallest absolute Gasteiger partial charge is 0.356 e. The molecule has 0 heterocycles. The Hall–Kier alpha value is -1.49. The summed E-state index contributed by atoms with van der Waals surface area (Å²) in [7, 11) is 0. The zero-order chi connectivity index (χ0) is 14.5. The van der Waals surface area contributed by atoms with Gasteiger partial charge in [0.05, 0.1) is 5.56 Å². The van der Waals surface area contributed by atoms with Crippen LogP contribution in [0.25, 0.3) is 6.08 Å². The fraction of sp³-hybridized carbons (Fsp3) is 0.308. The minimum Gasteiger partial charge on any atom is -0.356 e. The third-order valence-corrected chi connectivity index (χ3v) is 2.54. The number of hydrogen-bond donors (Lipinski definition) is 1. The molecule has 1 N–H and O–H groups in total. The molecule has 0 radical (unpaired) electrons. The summed E-state index contributed by atoms with van der Waals surface area (Å²) in [5, 5.41) is 2.79. The van der Waals surface area contributed by atoms with Crippen LogP contribution in [-0.2, 0) is 11.0 Å². The summed E-state index contributed by atoms with van der Waals surface area (Å²) >= 11 is 5.69. The zero-order valence-corrected chi connectivity index (χ0v) is 11.0. The number of carbonyl (C=O) groups is 1. The van der Waals surface area contributed by atoms with Gasteiger partial charge in [0, 0.05) is 18.5 Å². The summed E-state index contributed by atoms with van der Waals surface area (Å²) in [6, 6.07) is 3.42. The normalized spacial score (nSPS) is 11.8. The predicted octanol–water partition coefficient (Wildman–Crippen LogP) is 3.90. The summed E-state index contributed by atoms with van der Waals surface area (Å²) < 4.78 is 38.2. The number of halogens is 4. The second-order valence-electron chi connectivity index (χ2n) is 3.90. The van der Waals surface area contributed by atoms with Gasteiger partial charge in [-0.25, -0.2) is 0 Å². The highest BCUT2D eigenvalue weighted by Gasteiger charge is 2.32. The van der Waals surface area contributed by atoms with Gasteiger partial charge in [-0.1, -0.05) is 23.8 Å². The molecule has 0 saturated heterocycles. The molecule has 0 spiro atoms. The molecule has 1 aromatic rings. The van der Waals surface area contributed by atoms with Crippen LogP contribution in [0.2, 0.25) is 5.02 Å². The average molecular weight is 292 g/mol. The molecule has 0 aliphatic carbocycles. The Morgan fingerprint density at radius 3 is 2.68 bits per heavy atom. The number of alkyl halides is 3. The first-order valence-electron chi connectivity index (χ1n) is 5.58. The lowest BCUT2D eigenvalue weighted by Crippen LogP contribution is -2.20. The Labute approximate surface area is 114 Å². The van der Waals surface area contributed by atoms with Crippen molar-refractivity contribution in [3.8, 4) is 0 Å². The number of benzene rings is 1. The molecule has 1 aromatic carbocycles. The van der Waals surface area contributed by atoms with Crippen LogP contribution in [-0.4, -0.2) is 12.5 Å². The first-order valence-corrected chi connectivity index (χ1v) is 5.96. The molecule has 0 saturated carbocycles. The molecule has 19 heavy (non-hydrogen) atoms. The van der Waals surface area contributed by atoms with E-state index in [9.17, 15) is 18.0 Å². The molecular weight excluding hydrogens is 279 g/mol. The minimum absolute atomic E-state index is 0.0165. The molecular formula is C13H13ClF3NO. The van der Waals surface area contributed by atoms with E-state index in [2.05, 4.69) is 5.32 Å². The number of hydrogen-bond acceptors (Lipinski definition) is 1. The summed E-state index contributed by atoms with van der Waals surface area (Å²) in [6.45, 7) is 1.76. The van der Waals surface area contributed by atoms with Gasteiger partial charge in [-0.3, -0.25) is 4.79 Å². The van der Waals surface area contributed by atoms with E-state index in [-0.39, 0.29) is 16.5 Å². The topological polar surface area (TPSA) is 29.1 Å². The second kappa shape index (κ2) is 6.61. The van der Waals surface area contributed by atoms with Crippen LogP contribution in [0.1, 0.15) is 24.5 Å². The summed E-state index contributed by atoms with van der Waals surface area (Å²) in [6.07, 6.45) is -1.04. The van der Waals surface area contributed by atoms with Crippen LogP contribution in [0.5, 0.6) is 0 Å². The summed E-state index contributed by atoms with van der Waals surface area (Å²) in [4.78, 5) is 10.6. The van der Waals surface area contributed by atoms with E-state index < -0.39 is 11.7 Å². The Kier molecular flexibility index (Phi) is 5.42. The predicted molar refractivity (Wildman–Crippen MR) is 68.8 cm³/mol. The summed E-state index contributed by atoms with van der Waals surface area (Å²) in [5.41, 5.74) is -0.712. The quantitative estimate of drug-likeness (QED) is 0.838. The zero-order valence-electron chi connectivity index (χ0n) is 10.2. The largest absolute Gasteiger partial charge is 0.416 e. The molecule has 0 fully saturated rings. The first-order chi connectivity index (χ1) is 8.80. The van der Waals surface area contributed by atoms with Gasteiger partial charge >= 0.3 is 6.18 Å². The first kappa shape index (κ1) is 15.6. The Balaban J connectivity index is 2.79. The Bertz CT molecular complexity index is 483. The maximum Gasteiger partial charge on any atom is 0.416 e. The van der Waals surface area contributed by atoms with Crippen molar-refractivity contribution in [2.75, 3.05) is 6.54 Å². The van der Waals surface area contributed by atoms with Crippen molar-refractivity contribution < 1.29 is 18.0 Å². The van der Waals surface area contributed by atoms with Gasteiger partial charge in [-0.15, -0.1) is 0 Å². The highest BCUT2D eigenvalue weighted by atomic mass is 35.5. The van der Waals surface area contributed by atoms with Crippen LogP contribution in [0, 0.1) is 0 Å². The summed E-state index contributed by atoms with van der Waals surface area (Å²) in [5.74, 6) is -0.174. The lowest BCUT2D eigenvalue weighted by molar-refractivity contribution is -0.137. The van der Waals surface area contributed by atoms with E-state index in [1.807, 2.05) is 0 Å². The van der Waals surface area contributed by atoms with Crippen LogP contribution in [0.4, 0.5) is 13.2 Å². The van der Waals surface area contributed by atoms with Crippen LogP contribution >= 0.6 is 11.6 Å². The van der Waals surface area contributed by atoms with Crippen molar-refractivity contribution in [3.05, 3.63) is 40.4 Å². The third-order valence-electron chi connectivity index (χ3n) is 2.30. The van der Waals surface area contributed by atoms with E-state index in [0.717, 1.165) is 6.07 Å². The van der Waals surface area contributed by atoms with Gasteiger partial charge < -0.3 is 5.32 Å². The maximum absolute atomic E-state index is 12.7. The standard InChI is InChI=1S/C13H13ClF3NO/c1-9(19)18-7-3-2-4-10-8-11(14)5-6-12(10)13(15,16)17/h2,4-6,8H,3,7H2,1H3,(H,18,19). The number of amides is 1. The van der Waals surface area contributed by atoms with Crippen molar-refractivity contribution in [3.63, 3.8) is 0 Å². The van der Waals surface area contributed by atoms with Gasteiger partial charge in [0.15, 0.2) is 0 Å². The molecule has 1 amide bonds. The van der Waals surface area contributed by atoms with Gasteiger partial charge in [0.1, 0.15) is 0 Å². The van der Waals surface area contributed by atoms with Crippen molar-refractivity contribution >= 4 is 23.6 Å². The third kappa shape index (κ3) is 5.34. The molecule has 0 unspecified atom stereocenters. The molecule has 2 nitrogen and oxygen atoms in total. The number of nitrogens with one attached hydrogen (secondary N) is 1. The molecule has 0 atom stereocenters. The molecule has 0 aliphatic heterocycles.